The number of anilines is 2. The smallest absolute Gasteiger partial charge is 0.125 e. The molecule has 2 heterocycles. The lowest BCUT2D eigenvalue weighted by atomic mass is 9.93. The predicted molar refractivity (Wildman–Crippen MR) is 248 cm³/mol. The second-order valence-electron chi connectivity index (χ2n) is 16.6. The van der Waals surface area contributed by atoms with Crippen molar-refractivity contribution in [3.05, 3.63) is 126 Å². The Morgan fingerprint density at radius 3 is 1.73 bits per heavy atom. The molecular formula is C48H69N11. The largest absolute Gasteiger partial charge is 0.378 e. The van der Waals surface area contributed by atoms with Crippen LogP contribution in [-0.4, -0.2) is 107 Å². The Kier molecular flexibility index (Phi) is 17.3. The summed E-state index contributed by atoms with van der Waals surface area (Å²) < 4.78 is 0. The summed E-state index contributed by atoms with van der Waals surface area (Å²) in [5.74, 6) is 2.26. The Balaban J connectivity index is 0.951. The van der Waals surface area contributed by atoms with Crippen LogP contribution in [0, 0.1) is 22.7 Å². The van der Waals surface area contributed by atoms with Gasteiger partial charge in [-0.1, -0.05) is 36.1 Å². The predicted octanol–water partition coefficient (Wildman–Crippen LogP) is 8.70. The fourth-order valence-corrected chi connectivity index (χ4v) is 7.59. The van der Waals surface area contributed by atoms with Crippen molar-refractivity contribution in [2.24, 2.45) is 22.2 Å². The highest BCUT2D eigenvalue weighted by Crippen LogP contribution is 2.24. The van der Waals surface area contributed by atoms with E-state index < -0.39 is 0 Å². The molecule has 11 nitrogen and oxygen atoms in total. The van der Waals surface area contributed by atoms with Crippen molar-refractivity contribution in [3.63, 3.8) is 0 Å². The number of amidine groups is 2. The second-order valence-corrected chi connectivity index (χ2v) is 16.6. The number of piperidine rings is 2. The van der Waals surface area contributed by atoms with Gasteiger partial charge in [0.1, 0.15) is 11.7 Å². The third-order valence-electron chi connectivity index (χ3n) is 11.8. The Hall–Kier alpha value is -5.26. The van der Waals surface area contributed by atoms with Gasteiger partial charge in [-0.25, -0.2) is 5.01 Å². The Bertz CT molecular complexity index is 1860. The van der Waals surface area contributed by atoms with Crippen molar-refractivity contribution in [1.29, 1.82) is 10.8 Å². The van der Waals surface area contributed by atoms with Gasteiger partial charge in [-0.15, -0.1) is 5.11 Å². The molecule has 59 heavy (non-hydrogen) atoms. The minimum Gasteiger partial charge on any atom is -0.378 e. The van der Waals surface area contributed by atoms with Crippen LogP contribution in [-0.2, 0) is 6.54 Å². The highest BCUT2D eigenvalue weighted by molar-refractivity contribution is 5.97. The van der Waals surface area contributed by atoms with Crippen LogP contribution in [0.5, 0.6) is 0 Å². The van der Waals surface area contributed by atoms with Crippen molar-refractivity contribution in [3.8, 4) is 0 Å². The van der Waals surface area contributed by atoms with Gasteiger partial charge in [0.2, 0.25) is 0 Å². The van der Waals surface area contributed by atoms with Gasteiger partial charge in [0.25, 0.3) is 0 Å². The Morgan fingerprint density at radius 1 is 0.712 bits per heavy atom. The zero-order valence-corrected chi connectivity index (χ0v) is 36.6. The SMILES string of the molecule is C=C(/C=C\C(=C/C)CN1CCC(CCNC(=N)c2ccc(/N=N/N(C)c3ccc(C(=N)NCCC4CCN(Cc5ccc(N(C)C)cc5)CC4)cc3)cc2)CC1)N(C)C. The molecule has 316 valence electrons. The molecule has 0 unspecified atom stereocenters. The summed E-state index contributed by atoms with van der Waals surface area (Å²) in [7, 11) is 10.1. The molecule has 11 heteroatoms. The van der Waals surface area contributed by atoms with Crippen molar-refractivity contribution in [2.75, 3.05) is 91.0 Å². The molecule has 0 atom stereocenters. The van der Waals surface area contributed by atoms with Gasteiger partial charge in [-0.2, -0.15) is 0 Å². The third-order valence-corrected chi connectivity index (χ3v) is 11.8. The van der Waals surface area contributed by atoms with Gasteiger partial charge < -0.3 is 20.4 Å². The number of likely N-dealkylation sites (tertiary alicyclic amines) is 2. The standard InChI is InChI=1S/C48H69N11/c1-8-38(10-9-37(2)55(3)4)35-58-31-25-39(26-32-58)23-29-51-47(49)42-13-17-44(18-14-42)53-54-57(7)46-21-15-43(16-22-46)48(50)52-30-24-40-27-33-59(34-28-40)36-41-11-19-45(20-12-41)56(5)6/h8-22,39-40H,2,23-36H2,1,3-7H3,(H2,49,51)(H2,50,52)/b10-9-,38-8+,54-53+. The van der Waals surface area contributed by atoms with Gasteiger partial charge in [0.15, 0.2) is 0 Å². The minimum absolute atomic E-state index is 0.436. The summed E-state index contributed by atoms with van der Waals surface area (Å²) in [4.78, 5) is 9.27. The number of allylic oxidation sites excluding steroid dienone is 2. The highest BCUT2D eigenvalue weighted by Gasteiger charge is 2.21. The van der Waals surface area contributed by atoms with Crippen molar-refractivity contribution < 1.29 is 0 Å². The van der Waals surface area contributed by atoms with Crippen LogP contribution in [0.3, 0.4) is 0 Å². The normalized spacial score (nSPS) is 16.1. The Labute approximate surface area is 354 Å². The van der Waals surface area contributed by atoms with Crippen LogP contribution in [0.25, 0.3) is 0 Å². The lowest BCUT2D eigenvalue weighted by Gasteiger charge is -2.32. The zero-order valence-electron chi connectivity index (χ0n) is 36.6. The molecule has 0 amide bonds. The van der Waals surface area contributed by atoms with E-state index in [9.17, 15) is 0 Å². The maximum absolute atomic E-state index is 8.60. The lowest BCUT2D eigenvalue weighted by molar-refractivity contribution is 0.173. The van der Waals surface area contributed by atoms with E-state index in [0.717, 1.165) is 93.4 Å². The van der Waals surface area contributed by atoms with Crippen LogP contribution in [0.4, 0.5) is 17.1 Å². The van der Waals surface area contributed by atoms with Gasteiger partial charge in [-0.05, 0) is 161 Å². The first-order valence-electron chi connectivity index (χ1n) is 21.4. The first kappa shape index (κ1) is 44.8. The molecular weight excluding hydrogens is 731 g/mol. The highest BCUT2D eigenvalue weighted by atomic mass is 15.5. The number of rotatable bonds is 19. The van der Waals surface area contributed by atoms with Gasteiger partial charge in [0, 0.05) is 83.9 Å². The third kappa shape index (κ3) is 14.5. The molecule has 3 aromatic carbocycles. The summed E-state index contributed by atoms with van der Waals surface area (Å²) >= 11 is 0. The summed E-state index contributed by atoms with van der Waals surface area (Å²) in [6.45, 7) is 14.3. The molecule has 5 rings (SSSR count). The number of hydrogen-bond acceptors (Lipinski definition) is 8. The van der Waals surface area contributed by atoms with E-state index in [4.69, 9.17) is 10.8 Å². The Morgan fingerprint density at radius 2 is 1.22 bits per heavy atom. The van der Waals surface area contributed by atoms with Crippen LogP contribution >= 0.6 is 0 Å². The van der Waals surface area contributed by atoms with E-state index in [2.05, 4.69) is 106 Å². The van der Waals surface area contributed by atoms with E-state index in [0.29, 0.717) is 23.5 Å². The molecule has 0 bridgehead atoms. The topological polar surface area (TPSA) is 113 Å². The maximum Gasteiger partial charge on any atom is 0.125 e. The monoisotopic (exact) mass is 800 g/mol. The lowest BCUT2D eigenvalue weighted by Crippen LogP contribution is -2.36. The van der Waals surface area contributed by atoms with Crippen molar-refractivity contribution >= 4 is 28.7 Å². The van der Waals surface area contributed by atoms with Crippen LogP contribution in [0.1, 0.15) is 62.1 Å². The van der Waals surface area contributed by atoms with E-state index in [1.54, 1.807) is 5.01 Å². The van der Waals surface area contributed by atoms with E-state index in [1.165, 1.54) is 42.5 Å². The molecule has 0 saturated carbocycles. The molecule has 0 aliphatic carbocycles. The minimum atomic E-state index is 0.436. The molecule has 0 aromatic heterocycles. The summed E-state index contributed by atoms with van der Waals surface area (Å²) in [5, 5.41) is 34.4. The first-order valence-corrected chi connectivity index (χ1v) is 21.4. The molecule has 4 N–H and O–H groups in total. The van der Waals surface area contributed by atoms with Gasteiger partial charge in [0.05, 0.1) is 11.4 Å². The second kappa shape index (κ2) is 22.8. The quantitative estimate of drug-likeness (QED) is 0.0316. The van der Waals surface area contributed by atoms with Crippen LogP contribution in [0.15, 0.2) is 119 Å². The molecule has 0 radical (unpaired) electrons. The first-order chi connectivity index (χ1) is 28.5. The van der Waals surface area contributed by atoms with E-state index >= 15 is 0 Å². The van der Waals surface area contributed by atoms with E-state index in [1.807, 2.05) is 74.6 Å². The fourth-order valence-electron chi connectivity index (χ4n) is 7.59. The number of likely N-dealkylation sites (N-methyl/N-ethyl adjacent to an activating group) is 1. The molecule has 0 spiro atoms. The van der Waals surface area contributed by atoms with Crippen LogP contribution < -0.4 is 20.5 Å². The number of benzene rings is 3. The molecule has 2 saturated heterocycles. The van der Waals surface area contributed by atoms with Crippen molar-refractivity contribution in [2.45, 2.75) is 52.0 Å². The number of nitrogens with zero attached hydrogens (tertiary/aromatic N) is 7. The van der Waals surface area contributed by atoms with Crippen LogP contribution in [0.2, 0.25) is 0 Å². The zero-order chi connectivity index (χ0) is 42.1. The average Bonchev–Trinajstić information content (AvgIpc) is 3.25. The van der Waals surface area contributed by atoms with Gasteiger partial charge >= 0.3 is 0 Å². The molecule has 2 aliphatic rings. The molecule has 2 aliphatic heterocycles. The average molecular weight is 800 g/mol. The summed E-state index contributed by atoms with van der Waals surface area (Å²) in [6, 6.07) is 24.4. The maximum atomic E-state index is 8.60. The van der Waals surface area contributed by atoms with Crippen molar-refractivity contribution in [1.82, 2.24) is 25.3 Å². The molecule has 3 aromatic rings. The van der Waals surface area contributed by atoms with Gasteiger partial charge in [-0.3, -0.25) is 20.6 Å². The summed E-state index contributed by atoms with van der Waals surface area (Å²) in [5.41, 5.74) is 8.25. The fraction of sp³-hybridized carbons (Fsp3) is 0.458. The van der Waals surface area contributed by atoms with E-state index in [-0.39, 0.29) is 0 Å². The molecule has 2 fully saturated rings. The number of nitrogens with one attached hydrogen (secondary N) is 4. The summed E-state index contributed by atoms with van der Waals surface area (Å²) in [6.07, 6.45) is 13.4. The number of hydrogen-bond donors (Lipinski definition) is 4.